The molecule has 32 heavy (non-hydrogen) atoms. The van der Waals surface area contributed by atoms with E-state index < -0.39 is 4.92 Å². The summed E-state index contributed by atoms with van der Waals surface area (Å²) < 4.78 is 0. The average Bonchev–Trinajstić information content (AvgIpc) is 3.25. The summed E-state index contributed by atoms with van der Waals surface area (Å²) in [6, 6.07) is 21.8. The zero-order chi connectivity index (χ0) is 22.5. The molecule has 0 unspecified atom stereocenters. The second-order valence-electron chi connectivity index (χ2n) is 7.11. The van der Waals surface area contributed by atoms with E-state index >= 15 is 0 Å². The number of H-pyrrole nitrogens is 1. The van der Waals surface area contributed by atoms with Crippen LogP contribution in [-0.4, -0.2) is 27.8 Å². The number of para-hydroxylation sites is 2. The SMILES string of the molecule is CNc1ccc(/C=C(/C(=O)NCc2ccccc2)c2nc3ccccc3[nH]2)cc1[N+](=O)[O-]. The van der Waals surface area contributed by atoms with Crippen LogP contribution in [0, 0.1) is 10.1 Å². The Morgan fingerprint density at radius 1 is 1.09 bits per heavy atom. The molecule has 3 aromatic carbocycles. The van der Waals surface area contributed by atoms with Gasteiger partial charge in [-0.25, -0.2) is 4.98 Å². The van der Waals surface area contributed by atoms with Crippen molar-refractivity contribution < 1.29 is 9.72 Å². The first-order valence-electron chi connectivity index (χ1n) is 10.0. The zero-order valence-corrected chi connectivity index (χ0v) is 17.3. The maximum atomic E-state index is 13.2. The van der Waals surface area contributed by atoms with Crippen LogP contribution in [0.15, 0.2) is 72.8 Å². The minimum Gasteiger partial charge on any atom is -0.383 e. The number of amides is 1. The number of nitrogens with one attached hydrogen (secondary N) is 3. The molecule has 0 aliphatic heterocycles. The maximum absolute atomic E-state index is 13.2. The summed E-state index contributed by atoms with van der Waals surface area (Å²) in [5, 5.41) is 17.2. The lowest BCUT2D eigenvalue weighted by molar-refractivity contribution is -0.384. The Hall–Kier alpha value is -4.46. The predicted octanol–water partition coefficient (Wildman–Crippen LogP) is 4.37. The van der Waals surface area contributed by atoms with E-state index in [0.29, 0.717) is 23.6 Å². The fraction of sp³-hybridized carbons (Fsp3) is 0.0833. The van der Waals surface area contributed by atoms with Crippen molar-refractivity contribution in [1.82, 2.24) is 15.3 Å². The molecule has 1 aromatic heterocycles. The molecule has 0 fully saturated rings. The fourth-order valence-corrected chi connectivity index (χ4v) is 3.36. The number of hydrogen-bond acceptors (Lipinski definition) is 5. The van der Waals surface area contributed by atoms with Gasteiger partial charge in [-0.1, -0.05) is 48.5 Å². The van der Waals surface area contributed by atoms with Crippen molar-refractivity contribution in [3.05, 3.63) is 99.9 Å². The van der Waals surface area contributed by atoms with E-state index in [4.69, 9.17) is 0 Å². The van der Waals surface area contributed by atoms with Gasteiger partial charge < -0.3 is 15.6 Å². The molecule has 0 atom stereocenters. The van der Waals surface area contributed by atoms with Gasteiger partial charge in [-0.15, -0.1) is 0 Å². The number of nitrogens with zero attached hydrogens (tertiary/aromatic N) is 2. The highest BCUT2D eigenvalue weighted by atomic mass is 16.6. The second-order valence-corrected chi connectivity index (χ2v) is 7.11. The molecular formula is C24H21N5O3. The number of anilines is 1. The monoisotopic (exact) mass is 427 g/mol. The molecule has 160 valence electrons. The van der Waals surface area contributed by atoms with E-state index in [1.165, 1.54) is 6.07 Å². The summed E-state index contributed by atoms with van der Waals surface area (Å²) in [5.41, 5.74) is 3.59. The summed E-state index contributed by atoms with van der Waals surface area (Å²) >= 11 is 0. The van der Waals surface area contributed by atoms with Gasteiger partial charge in [0.15, 0.2) is 0 Å². The standard InChI is InChI=1S/C24H21N5O3/c1-25-21-12-11-17(14-22(21)29(31)32)13-18(23-27-19-9-5-6-10-20(19)28-23)24(30)26-15-16-7-3-2-4-8-16/h2-14,25H,15H2,1H3,(H,26,30)(H,27,28)/b18-13+. The van der Waals surface area contributed by atoms with Crippen LogP contribution in [0.1, 0.15) is 17.0 Å². The lowest BCUT2D eigenvalue weighted by Crippen LogP contribution is -2.24. The summed E-state index contributed by atoms with van der Waals surface area (Å²) in [5.74, 6) is 0.0466. The van der Waals surface area contributed by atoms with Gasteiger partial charge in [0.1, 0.15) is 11.5 Å². The van der Waals surface area contributed by atoms with Gasteiger partial charge in [-0.05, 0) is 35.4 Å². The molecule has 1 heterocycles. The number of hydrogen-bond donors (Lipinski definition) is 3. The van der Waals surface area contributed by atoms with Crippen LogP contribution in [0.5, 0.6) is 0 Å². The first kappa shape index (κ1) is 20.8. The number of rotatable bonds is 7. The Labute approximate surface area is 184 Å². The minimum atomic E-state index is -0.459. The first-order chi connectivity index (χ1) is 15.5. The molecule has 0 bridgehead atoms. The summed E-state index contributed by atoms with van der Waals surface area (Å²) in [6.45, 7) is 0.343. The van der Waals surface area contributed by atoms with Crippen molar-refractivity contribution in [3.8, 4) is 0 Å². The van der Waals surface area contributed by atoms with Gasteiger partial charge in [0.2, 0.25) is 0 Å². The van der Waals surface area contributed by atoms with E-state index in [1.54, 1.807) is 25.3 Å². The van der Waals surface area contributed by atoms with Crippen molar-refractivity contribution in [2.75, 3.05) is 12.4 Å². The quantitative estimate of drug-likeness (QED) is 0.230. The largest absolute Gasteiger partial charge is 0.383 e. The first-order valence-corrected chi connectivity index (χ1v) is 10.0. The van der Waals surface area contributed by atoms with E-state index in [9.17, 15) is 14.9 Å². The number of imidazole rings is 1. The van der Waals surface area contributed by atoms with Gasteiger partial charge in [0, 0.05) is 19.7 Å². The average molecular weight is 427 g/mol. The molecule has 8 heteroatoms. The lowest BCUT2D eigenvalue weighted by atomic mass is 10.1. The van der Waals surface area contributed by atoms with Crippen LogP contribution < -0.4 is 10.6 Å². The molecule has 8 nitrogen and oxygen atoms in total. The van der Waals surface area contributed by atoms with Gasteiger partial charge in [0.05, 0.1) is 21.5 Å². The molecule has 1 amide bonds. The van der Waals surface area contributed by atoms with Gasteiger partial charge in [-0.3, -0.25) is 14.9 Å². The molecule has 0 radical (unpaired) electrons. The number of nitro groups is 1. The number of carbonyl (C=O) groups is 1. The predicted molar refractivity (Wildman–Crippen MR) is 125 cm³/mol. The molecular weight excluding hydrogens is 406 g/mol. The summed E-state index contributed by atoms with van der Waals surface area (Å²) in [7, 11) is 1.62. The van der Waals surface area contributed by atoms with Crippen LogP contribution in [0.25, 0.3) is 22.7 Å². The molecule has 0 saturated carbocycles. The van der Waals surface area contributed by atoms with Crippen molar-refractivity contribution >= 4 is 40.0 Å². The zero-order valence-electron chi connectivity index (χ0n) is 17.3. The van der Waals surface area contributed by atoms with Crippen LogP contribution in [-0.2, 0) is 11.3 Å². The highest BCUT2D eigenvalue weighted by Gasteiger charge is 2.18. The van der Waals surface area contributed by atoms with E-state index in [1.807, 2.05) is 54.6 Å². The molecule has 0 aliphatic carbocycles. The molecule has 0 saturated heterocycles. The van der Waals surface area contributed by atoms with Gasteiger partial charge in [0.25, 0.3) is 11.6 Å². The number of aromatic nitrogens is 2. The topological polar surface area (TPSA) is 113 Å². The van der Waals surface area contributed by atoms with Crippen molar-refractivity contribution in [1.29, 1.82) is 0 Å². The van der Waals surface area contributed by atoms with Crippen LogP contribution in [0.3, 0.4) is 0 Å². The van der Waals surface area contributed by atoms with E-state index in [0.717, 1.165) is 16.6 Å². The molecule has 0 spiro atoms. The van der Waals surface area contributed by atoms with Crippen molar-refractivity contribution in [3.63, 3.8) is 0 Å². The number of fused-ring (bicyclic) bond motifs is 1. The Morgan fingerprint density at radius 3 is 2.56 bits per heavy atom. The number of benzene rings is 3. The van der Waals surface area contributed by atoms with E-state index in [2.05, 4.69) is 20.6 Å². The third kappa shape index (κ3) is 4.49. The van der Waals surface area contributed by atoms with Gasteiger partial charge in [-0.2, -0.15) is 0 Å². The molecule has 4 aromatic rings. The maximum Gasteiger partial charge on any atom is 0.292 e. The molecule has 4 rings (SSSR count). The Balaban J connectivity index is 1.74. The lowest BCUT2D eigenvalue weighted by Gasteiger charge is -2.08. The van der Waals surface area contributed by atoms with E-state index in [-0.39, 0.29) is 17.2 Å². The molecule has 3 N–H and O–H groups in total. The Kier molecular flexibility index (Phi) is 5.94. The Bertz CT molecular complexity index is 1280. The number of carbonyl (C=O) groups excluding carboxylic acids is 1. The minimum absolute atomic E-state index is 0.0742. The second kappa shape index (κ2) is 9.13. The van der Waals surface area contributed by atoms with Crippen LogP contribution >= 0.6 is 0 Å². The molecule has 0 aliphatic rings. The highest BCUT2D eigenvalue weighted by Crippen LogP contribution is 2.27. The highest BCUT2D eigenvalue weighted by molar-refractivity contribution is 6.23. The third-order valence-corrected chi connectivity index (χ3v) is 4.98. The fourth-order valence-electron chi connectivity index (χ4n) is 3.36. The van der Waals surface area contributed by atoms with Crippen LogP contribution in [0.2, 0.25) is 0 Å². The third-order valence-electron chi connectivity index (χ3n) is 4.98. The van der Waals surface area contributed by atoms with Crippen molar-refractivity contribution in [2.24, 2.45) is 0 Å². The smallest absolute Gasteiger partial charge is 0.292 e. The Morgan fingerprint density at radius 2 is 1.84 bits per heavy atom. The van der Waals surface area contributed by atoms with Crippen LogP contribution in [0.4, 0.5) is 11.4 Å². The summed E-state index contributed by atoms with van der Waals surface area (Å²) in [6.07, 6.45) is 1.60. The number of nitro benzene ring substituents is 1. The van der Waals surface area contributed by atoms with Crippen molar-refractivity contribution in [2.45, 2.75) is 6.54 Å². The normalized spacial score (nSPS) is 11.3. The summed E-state index contributed by atoms with van der Waals surface area (Å²) in [4.78, 5) is 31.9. The van der Waals surface area contributed by atoms with Gasteiger partial charge >= 0.3 is 0 Å². The number of aromatic amines is 1.